The van der Waals surface area contributed by atoms with Gasteiger partial charge >= 0.3 is 0 Å². The van der Waals surface area contributed by atoms with Gasteiger partial charge in [-0.1, -0.05) is 26.0 Å². The van der Waals surface area contributed by atoms with Crippen molar-refractivity contribution in [2.75, 3.05) is 5.32 Å². The van der Waals surface area contributed by atoms with Crippen LogP contribution in [0.3, 0.4) is 0 Å². The summed E-state index contributed by atoms with van der Waals surface area (Å²) in [7, 11) is 0. The highest BCUT2D eigenvalue weighted by atomic mass is 16.1. The topological polar surface area (TPSA) is 54.9 Å². The number of amides is 1. The van der Waals surface area contributed by atoms with E-state index in [2.05, 4.69) is 15.3 Å². The van der Waals surface area contributed by atoms with Crippen LogP contribution < -0.4 is 5.32 Å². The van der Waals surface area contributed by atoms with Gasteiger partial charge in [-0.05, 0) is 25.1 Å². The fourth-order valence-electron chi connectivity index (χ4n) is 1.54. The van der Waals surface area contributed by atoms with Gasteiger partial charge in [0.05, 0.1) is 5.69 Å². The van der Waals surface area contributed by atoms with E-state index in [9.17, 15) is 4.79 Å². The molecule has 1 aromatic heterocycles. The summed E-state index contributed by atoms with van der Waals surface area (Å²) in [5.74, 6) is 0.670. The summed E-state index contributed by atoms with van der Waals surface area (Å²) >= 11 is 0. The molecule has 1 amide bonds. The summed E-state index contributed by atoms with van der Waals surface area (Å²) in [6.07, 6.45) is 1.74. The lowest BCUT2D eigenvalue weighted by Gasteiger charge is -2.04. The van der Waals surface area contributed by atoms with Crippen LogP contribution in [-0.4, -0.2) is 15.9 Å². The molecule has 0 unspecified atom stereocenters. The van der Waals surface area contributed by atoms with Gasteiger partial charge < -0.3 is 5.32 Å². The van der Waals surface area contributed by atoms with E-state index < -0.39 is 0 Å². The zero-order valence-corrected chi connectivity index (χ0v) is 11.8. The number of nitrogens with one attached hydrogen (secondary N) is 1. The molecule has 0 aliphatic heterocycles. The maximum absolute atomic E-state index is 10.9. The van der Waals surface area contributed by atoms with Crippen LogP contribution in [0.15, 0.2) is 36.5 Å². The van der Waals surface area contributed by atoms with E-state index in [0.717, 1.165) is 22.8 Å². The van der Waals surface area contributed by atoms with Crippen LogP contribution in [0.4, 0.5) is 5.69 Å². The van der Waals surface area contributed by atoms with Gasteiger partial charge in [-0.2, -0.15) is 0 Å². The second kappa shape index (κ2) is 7.26. The SMILES string of the molecule is CC.CC(=O)Nc1ccc(-c2ccnc(C)n2)cc1. The molecule has 1 heterocycles. The number of nitrogens with zero attached hydrogens (tertiary/aromatic N) is 2. The van der Waals surface area contributed by atoms with Gasteiger partial charge in [0.1, 0.15) is 5.82 Å². The Morgan fingerprint density at radius 3 is 2.26 bits per heavy atom. The first kappa shape index (κ1) is 14.8. The molecule has 0 bridgehead atoms. The van der Waals surface area contributed by atoms with Crippen molar-refractivity contribution < 1.29 is 4.79 Å². The highest BCUT2D eigenvalue weighted by Gasteiger charge is 2.00. The van der Waals surface area contributed by atoms with Crippen LogP contribution in [0.5, 0.6) is 0 Å². The Labute approximate surface area is 113 Å². The minimum Gasteiger partial charge on any atom is -0.326 e. The summed E-state index contributed by atoms with van der Waals surface area (Å²) in [6, 6.07) is 9.42. The van der Waals surface area contributed by atoms with Crippen LogP contribution in [0.2, 0.25) is 0 Å². The van der Waals surface area contributed by atoms with E-state index in [0.29, 0.717) is 0 Å². The molecule has 100 valence electrons. The van der Waals surface area contributed by atoms with E-state index in [1.807, 2.05) is 51.1 Å². The number of carbonyl (C=O) groups excluding carboxylic acids is 1. The largest absolute Gasteiger partial charge is 0.326 e. The second-order valence-electron chi connectivity index (χ2n) is 3.75. The van der Waals surface area contributed by atoms with E-state index in [1.165, 1.54) is 6.92 Å². The number of aryl methyl sites for hydroxylation is 1. The number of hydrogen-bond donors (Lipinski definition) is 1. The molecule has 0 saturated heterocycles. The first-order chi connectivity index (χ1) is 9.15. The van der Waals surface area contributed by atoms with Gasteiger partial charge in [0.25, 0.3) is 0 Å². The Morgan fingerprint density at radius 1 is 1.11 bits per heavy atom. The fourth-order valence-corrected chi connectivity index (χ4v) is 1.54. The summed E-state index contributed by atoms with van der Waals surface area (Å²) in [5, 5.41) is 2.72. The summed E-state index contributed by atoms with van der Waals surface area (Å²) in [6.45, 7) is 7.34. The predicted octanol–water partition coefficient (Wildman–Crippen LogP) is 3.44. The first-order valence-corrected chi connectivity index (χ1v) is 6.33. The average Bonchev–Trinajstić information content (AvgIpc) is 2.41. The first-order valence-electron chi connectivity index (χ1n) is 6.33. The van der Waals surface area contributed by atoms with Crippen molar-refractivity contribution in [1.29, 1.82) is 0 Å². The number of hydrogen-bond acceptors (Lipinski definition) is 3. The molecule has 19 heavy (non-hydrogen) atoms. The third-order valence-electron chi connectivity index (χ3n) is 2.28. The van der Waals surface area contributed by atoms with Crippen LogP contribution in [0, 0.1) is 6.92 Å². The number of rotatable bonds is 2. The van der Waals surface area contributed by atoms with Gasteiger partial charge in [0, 0.05) is 24.4 Å². The highest BCUT2D eigenvalue weighted by molar-refractivity contribution is 5.88. The molecule has 2 rings (SSSR count). The lowest BCUT2D eigenvalue weighted by Crippen LogP contribution is -2.05. The highest BCUT2D eigenvalue weighted by Crippen LogP contribution is 2.19. The van der Waals surface area contributed by atoms with Gasteiger partial charge in [0.15, 0.2) is 0 Å². The van der Waals surface area contributed by atoms with E-state index in [-0.39, 0.29) is 5.91 Å². The summed E-state index contributed by atoms with van der Waals surface area (Å²) in [5.41, 5.74) is 2.67. The minimum atomic E-state index is -0.0735. The molecule has 0 spiro atoms. The van der Waals surface area contributed by atoms with Crippen molar-refractivity contribution in [2.24, 2.45) is 0 Å². The molecule has 0 radical (unpaired) electrons. The molecule has 4 heteroatoms. The average molecular weight is 257 g/mol. The second-order valence-corrected chi connectivity index (χ2v) is 3.75. The lowest BCUT2D eigenvalue weighted by molar-refractivity contribution is -0.114. The smallest absolute Gasteiger partial charge is 0.221 e. The molecule has 1 aromatic carbocycles. The van der Waals surface area contributed by atoms with Crippen molar-refractivity contribution in [1.82, 2.24) is 9.97 Å². The van der Waals surface area contributed by atoms with Crippen LogP contribution in [0.25, 0.3) is 11.3 Å². The third-order valence-corrected chi connectivity index (χ3v) is 2.28. The third kappa shape index (κ3) is 4.50. The number of anilines is 1. The Morgan fingerprint density at radius 2 is 1.74 bits per heavy atom. The standard InChI is InChI=1S/C13H13N3O.C2H6/c1-9-14-8-7-13(15-9)11-3-5-12(6-4-11)16-10(2)17;1-2/h3-8H,1-2H3,(H,16,17);1-2H3. The van der Waals surface area contributed by atoms with Crippen LogP contribution in [-0.2, 0) is 4.79 Å². The van der Waals surface area contributed by atoms with Gasteiger partial charge in [-0.25, -0.2) is 9.97 Å². The Hall–Kier alpha value is -2.23. The normalized spacial score (nSPS) is 9.26. The monoisotopic (exact) mass is 257 g/mol. The maximum Gasteiger partial charge on any atom is 0.221 e. The lowest BCUT2D eigenvalue weighted by atomic mass is 10.1. The molecule has 0 aliphatic rings. The van der Waals surface area contributed by atoms with Gasteiger partial charge in [0.2, 0.25) is 5.91 Å². The molecular weight excluding hydrogens is 238 g/mol. The van der Waals surface area contributed by atoms with E-state index >= 15 is 0 Å². The number of aromatic nitrogens is 2. The molecule has 0 fully saturated rings. The molecule has 0 atom stereocenters. The predicted molar refractivity (Wildman–Crippen MR) is 77.9 cm³/mol. The van der Waals surface area contributed by atoms with Crippen molar-refractivity contribution in [3.8, 4) is 11.3 Å². The van der Waals surface area contributed by atoms with Crippen molar-refractivity contribution >= 4 is 11.6 Å². The minimum absolute atomic E-state index is 0.0735. The quantitative estimate of drug-likeness (QED) is 0.896. The molecule has 1 N–H and O–H groups in total. The Balaban J connectivity index is 0.000000861. The Kier molecular flexibility index (Phi) is 5.67. The zero-order valence-electron chi connectivity index (χ0n) is 11.8. The van der Waals surface area contributed by atoms with Gasteiger partial charge in [-0.3, -0.25) is 4.79 Å². The zero-order chi connectivity index (χ0) is 14.3. The maximum atomic E-state index is 10.9. The molecular formula is C15H19N3O. The Bertz CT molecular complexity index is 535. The molecule has 0 saturated carbocycles. The molecule has 2 aromatic rings. The summed E-state index contributed by atoms with van der Waals surface area (Å²) < 4.78 is 0. The summed E-state index contributed by atoms with van der Waals surface area (Å²) in [4.78, 5) is 19.3. The van der Waals surface area contributed by atoms with Crippen LogP contribution >= 0.6 is 0 Å². The van der Waals surface area contributed by atoms with Crippen LogP contribution in [0.1, 0.15) is 26.6 Å². The van der Waals surface area contributed by atoms with Gasteiger partial charge in [-0.15, -0.1) is 0 Å². The molecule has 4 nitrogen and oxygen atoms in total. The van der Waals surface area contributed by atoms with E-state index in [1.54, 1.807) is 6.20 Å². The number of carbonyl (C=O) groups is 1. The fraction of sp³-hybridized carbons (Fsp3) is 0.267. The van der Waals surface area contributed by atoms with E-state index in [4.69, 9.17) is 0 Å². The van der Waals surface area contributed by atoms with Crippen molar-refractivity contribution in [3.63, 3.8) is 0 Å². The van der Waals surface area contributed by atoms with Crippen molar-refractivity contribution in [3.05, 3.63) is 42.4 Å². The van der Waals surface area contributed by atoms with Crippen molar-refractivity contribution in [2.45, 2.75) is 27.7 Å². The molecule has 0 aliphatic carbocycles. The number of benzene rings is 1.